The van der Waals surface area contributed by atoms with Gasteiger partial charge in [-0.15, -0.1) is 0 Å². The molecule has 0 aromatic carbocycles. The summed E-state index contributed by atoms with van der Waals surface area (Å²) in [6.45, 7) is 0. The normalized spacial score (nSPS) is 10.7. The predicted octanol–water partition coefficient (Wildman–Crippen LogP) is 3.05. The first-order valence-corrected chi connectivity index (χ1v) is 5.17. The maximum Gasteiger partial charge on any atom is 0.288 e. The standard InChI is InChI=1S/C8H6BrClN2O2/c9-3-1-2-6-4-7(12(13)14)5-11-8(6)10/h1-2,4-5H,3H2. The highest BCUT2D eigenvalue weighted by Crippen LogP contribution is 2.20. The van der Waals surface area contributed by atoms with Crippen molar-refractivity contribution in [1.29, 1.82) is 0 Å². The molecule has 4 nitrogen and oxygen atoms in total. The molecule has 0 amide bonds. The molecule has 6 heteroatoms. The molecule has 0 saturated carbocycles. The highest BCUT2D eigenvalue weighted by Gasteiger charge is 2.08. The fourth-order valence-electron chi connectivity index (χ4n) is 0.842. The van der Waals surface area contributed by atoms with Gasteiger partial charge in [-0.25, -0.2) is 4.98 Å². The molecule has 0 N–H and O–H groups in total. The molecular weight excluding hydrogens is 271 g/mol. The SMILES string of the molecule is O=[N+]([O-])c1cnc(Cl)c(C=CCBr)c1. The summed E-state index contributed by atoms with van der Waals surface area (Å²) < 4.78 is 0. The van der Waals surface area contributed by atoms with Crippen molar-refractivity contribution in [3.05, 3.63) is 39.2 Å². The van der Waals surface area contributed by atoms with Crippen LogP contribution in [0.25, 0.3) is 6.08 Å². The van der Waals surface area contributed by atoms with Crippen LogP contribution in [-0.4, -0.2) is 15.2 Å². The minimum Gasteiger partial charge on any atom is -0.258 e. The van der Waals surface area contributed by atoms with Crippen LogP contribution in [-0.2, 0) is 0 Å². The maximum atomic E-state index is 10.4. The Balaban J connectivity index is 3.08. The number of aromatic nitrogens is 1. The van der Waals surface area contributed by atoms with Crippen LogP contribution in [0.2, 0.25) is 5.15 Å². The summed E-state index contributed by atoms with van der Waals surface area (Å²) in [7, 11) is 0. The van der Waals surface area contributed by atoms with E-state index in [-0.39, 0.29) is 10.8 Å². The van der Waals surface area contributed by atoms with Gasteiger partial charge in [-0.3, -0.25) is 10.1 Å². The molecular formula is C8H6BrClN2O2. The van der Waals surface area contributed by atoms with Crippen LogP contribution >= 0.6 is 27.5 Å². The van der Waals surface area contributed by atoms with Crippen molar-refractivity contribution in [2.75, 3.05) is 5.33 Å². The Morgan fingerprint density at radius 2 is 2.43 bits per heavy atom. The summed E-state index contributed by atoms with van der Waals surface area (Å²) in [4.78, 5) is 13.6. The van der Waals surface area contributed by atoms with E-state index < -0.39 is 4.92 Å². The van der Waals surface area contributed by atoms with Gasteiger partial charge in [0.25, 0.3) is 5.69 Å². The first-order chi connectivity index (χ1) is 6.65. The number of allylic oxidation sites excluding steroid dienone is 1. The molecule has 0 fully saturated rings. The Hall–Kier alpha value is -0.940. The Kier molecular flexibility index (Phi) is 4.03. The zero-order valence-electron chi connectivity index (χ0n) is 6.98. The third kappa shape index (κ3) is 2.78. The van der Waals surface area contributed by atoms with Crippen molar-refractivity contribution in [2.24, 2.45) is 0 Å². The van der Waals surface area contributed by atoms with Gasteiger partial charge in [0, 0.05) is 17.0 Å². The first-order valence-electron chi connectivity index (χ1n) is 3.67. The van der Waals surface area contributed by atoms with Gasteiger partial charge in [-0.05, 0) is 0 Å². The quantitative estimate of drug-likeness (QED) is 0.369. The number of halogens is 2. The van der Waals surface area contributed by atoms with Gasteiger partial charge in [0.05, 0.1) is 4.92 Å². The van der Waals surface area contributed by atoms with E-state index in [1.54, 1.807) is 12.2 Å². The zero-order chi connectivity index (χ0) is 10.6. The Morgan fingerprint density at radius 3 is 3.00 bits per heavy atom. The first kappa shape index (κ1) is 11.1. The van der Waals surface area contributed by atoms with Crippen LogP contribution in [0.15, 0.2) is 18.3 Å². The lowest BCUT2D eigenvalue weighted by atomic mass is 10.2. The predicted molar refractivity (Wildman–Crippen MR) is 58.7 cm³/mol. The number of nitrogens with zero attached hydrogens (tertiary/aromatic N) is 2. The molecule has 0 spiro atoms. The average molecular weight is 278 g/mol. The molecule has 0 aliphatic rings. The van der Waals surface area contributed by atoms with Gasteiger partial charge in [0.1, 0.15) is 11.3 Å². The van der Waals surface area contributed by atoms with Gasteiger partial charge < -0.3 is 0 Å². The second kappa shape index (κ2) is 5.07. The smallest absolute Gasteiger partial charge is 0.258 e. The molecule has 0 bridgehead atoms. The van der Waals surface area contributed by atoms with E-state index >= 15 is 0 Å². The van der Waals surface area contributed by atoms with E-state index in [0.29, 0.717) is 10.9 Å². The minimum absolute atomic E-state index is 0.0661. The molecule has 1 rings (SSSR count). The fraction of sp³-hybridized carbons (Fsp3) is 0.125. The van der Waals surface area contributed by atoms with Gasteiger partial charge in [0.2, 0.25) is 0 Å². The topological polar surface area (TPSA) is 56.0 Å². The van der Waals surface area contributed by atoms with Crippen LogP contribution in [0.5, 0.6) is 0 Å². The number of pyridine rings is 1. The average Bonchev–Trinajstić information content (AvgIpc) is 2.16. The molecule has 14 heavy (non-hydrogen) atoms. The lowest BCUT2D eigenvalue weighted by Crippen LogP contribution is -1.90. The number of hydrogen-bond donors (Lipinski definition) is 0. The largest absolute Gasteiger partial charge is 0.288 e. The zero-order valence-corrected chi connectivity index (χ0v) is 9.33. The summed E-state index contributed by atoms with van der Waals surface area (Å²) in [6.07, 6.45) is 4.59. The van der Waals surface area contributed by atoms with Crippen LogP contribution in [0.1, 0.15) is 5.56 Å². The van der Waals surface area contributed by atoms with Crippen molar-refractivity contribution in [1.82, 2.24) is 4.98 Å². The molecule has 1 aromatic rings. The summed E-state index contributed by atoms with van der Waals surface area (Å²) in [6, 6.07) is 1.38. The second-order valence-corrected chi connectivity index (χ2v) is 3.39. The number of nitro groups is 1. The number of rotatable bonds is 3. The molecule has 0 aliphatic heterocycles. The van der Waals surface area contributed by atoms with E-state index in [0.717, 1.165) is 6.20 Å². The minimum atomic E-state index is -0.505. The monoisotopic (exact) mass is 276 g/mol. The summed E-state index contributed by atoms with van der Waals surface area (Å²) >= 11 is 8.93. The highest BCUT2D eigenvalue weighted by molar-refractivity contribution is 9.09. The number of alkyl halides is 1. The van der Waals surface area contributed by atoms with Crippen molar-refractivity contribution in [3.8, 4) is 0 Å². The summed E-state index contributed by atoms with van der Waals surface area (Å²) in [5, 5.41) is 11.3. The van der Waals surface area contributed by atoms with Gasteiger partial charge >= 0.3 is 0 Å². The molecule has 0 atom stereocenters. The second-order valence-electron chi connectivity index (χ2n) is 2.39. The van der Waals surface area contributed by atoms with Crippen molar-refractivity contribution in [2.45, 2.75) is 0 Å². The van der Waals surface area contributed by atoms with E-state index in [1.807, 2.05) is 0 Å². The molecule has 0 saturated heterocycles. The molecule has 0 aliphatic carbocycles. The Bertz CT molecular complexity index is 382. The molecule has 1 heterocycles. The highest BCUT2D eigenvalue weighted by atomic mass is 79.9. The van der Waals surface area contributed by atoms with Gasteiger partial charge in [-0.1, -0.05) is 39.7 Å². The van der Waals surface area contributed by atoms with Crippen molar-refractivity contribution in [3.63, 3.8) is 0 Å². The molecule has 0 unspecified atom stereocenters. The molecule has 0 radical (unpaired) electrons. The van der Waals surface area contributed by atoms with Gasteiger partial charge in [0.15, 0.2) is 0 Å². The van der Waals surface area contributed by atoms with E-state index in [1.165, 1.54) is 6.07 Å². The maximum absolute atomic E-state index is 10.4. The third-order valence-corrected chi connectivity index (χ3v) is 2.14. The third-order valence-electron chi connectivity index (χ3n) is 1.45. The van der Waals surface area contributed by atoms with E-state index in [9.17, 15) is 10.1 Å². The Morgan fingerprint density at radius 1 is 1.71 bits per heavy atom. The van der Waals surface area contributed by atoms with E-state index in [4.69, 9.17) is 11.6 Å². The lowest BCUT2D eigenvalue weighted by molar-refractivity contribution is -0.385. The van der Waals surface area contributed by atoms with Crippen LogP contribution in [0.4, 0.5) is 5.69 Å². The van der Waals surface area contributed by atoms with Crippen LogP contribution in [0.3, 0.4) is 0 Å². The van der Waals surface area contributed by atoms with Crippen LogP contribution in [0, 0.1) is 10.1 Å². The lowest BCUT2D eigenvalue weighted by Gasteiger charge is -1.96. The molecule has 1 aromatic heterocycles. The fourth-order valence-corrected chi connectivity index (χ4v) is 1.19. The van der Waals surface area contributed by atoms with E-state index in [2.05, 4.69) is 20.9 Å². The number of hydrogen-bond acceptors (Lipinski definition) is 3. The van der Waals surface area contributed by atoms with Gasteiger partial charge in [-0.2, -0.15) is 0 Å². The van der Waals surface area contributed by atoms with Crippen molar-refractivity contribution >= 4 is 39.3 Å². The van der Waals surface area contributed by atoms with Crippen LogP contribution < -0.4 is 0 Å². The summed E-state index contributed by atoms with van der Waals surface area (Å²) in [5.74, 6) is 0. The summed E-state index contributed by atoms with van der Waals surface area (Å²) in [5.41, 5.74) is 0.476. The Labute approximate surface area is 93.9 Å². The van der Waals surface area contributed by atoms with Crippen molar-refractivity contribution < 1.29 is 4.92 Å². The molecule has 74 valence electrons.